The van der Waals surface area contributed by atoms with Crippen molar-refractivity contribution in [1.82, 2.24) is 0 Å². The summed E-state index contributed by atoms with van der Waals surface area (Å²) in [5.74, 6) is -0.782. The summed E-state index contributed by atoms with van der Waals surface area (Å²) < 4.78 is 11.2. The van der Waals surface area contributed by atoms with E-state index in [4.69, 9.17) is 5.37 Å². The molecule has 1 aromatic carbocycles. The van der Waals surface area contributed by atoms with E-state index < -0.39 is 35.5 Å². The van der Waals surface area contributed by atoms with E-state index >= 15 is 0 Å². The van der Waals surface area contributed by atoms with Gasteiger partial charge in [-0.3, -0.25) is 0 Å². The number of benzene rings is 1. The maximum absolute atomic E-state index is 11.0. The van der Waals surface area contributed by atoms with Crippen LogP contribution in [0.15, 0.2) is 24.3 Å². The Morgan fingerprint density at radius 3 is 1.88 bits per heavy atom. The fourth-order valence-corrected chi connectivity index (χ4v) is 6.93. The number of hydrogen-bond donors (Lipinski definition) is 0. The van der Waals surface area contributed by atoms with Gasteiger partial charge in [0.1, 0.15) is 0 Å². The molecule has 0 bridgehead atoms. The van der Waals surface area contributed by atoms with Crippen molar-refractivity contribution in [3.63, 3.8) is 0 Å². The molecule has 0 aliphatic carbocycles. The second-order valence-corrected chi connectivity index (χ2v) is 10.7. The number of aryl methyl sites for hydroxylation is 1. The van der Waals surface area contributed by atoms with Gasteiger partial charge >= 0.3 is 111 Å². The van der Waals surface area contributed by atoms with Crippen LogP contribution in [0.5, 0.6) is 0 Å². The van der Waals surface area contributed by atoms with Crippen LogP contribution in [0.25, 0.3) is 0 Å². The first-order chi connectivity index (χ1) is 8.02. The van der Waals surface area contributed by atoms with Crippen LogP contribution < -0.4 is 3.12 Å². The number of rotatable bonds is 4. The van der Waals surface area contributed by atoms with Gasteiger partial charge in [-0.15, -0.1) is 0 Å². The number of carbonyl (C=O) groups excluding carboxylic acids is 2. The summed E-state index contributed by atoms with van der Waals surface area (Å²) in [6.07, 6.45) is 0.947. The van der Waals surface area contributed by atoms with Gasteiger partial charge in [-0.2, -0.15) is 0 Å². The van der Waals surface area contributed by atoms with E-state index in [1.165, 1.54) is 19.4 Å². The van der Waals surface area contributed by atoms with Crippen LogP contribution >= 0.6 is 0 Å². The molecule has 17 heavy (non-hydrogen) atoms. The molecule has 1 rings (SSSR count). The van der Waals surface area contributed by atoms with Crippen molar-refractivity contribution < 1.29 is 15.0 Å². The van der Waals surface area contributed by atoms with Crippen molar-refractivity contribution in [2.75, 3.05) is 0 Å². The topological polar surface area (TPSA) is 52.6 Å². The zero-order chi connectivity index (χ0) is 12.8. The molecule has 5 heteroatoms. The van der Waals surface area contributed by atoms with Crippen LogP contribution in [-0.2, 0) is 21.4 Å². The Labute approximate surface area is 110 Å². The summed E-state index contributed by atoms with van der Waals surface area (Å²) in [7, 11) is 0. The second kappa shape index (κ2) is 6.73. The summed E-state index contributed by atoms with van der Waals surface area (Å²) >= 11 is -3.32. The van der Waals surface area contributed by atoms with Crippen LogP contribution in [0.1, 0.15) is 26.3 Å². The normalized spacial score (nSPS) is 9.59. The van der Waals surface area contributed by atoms with Gasteiger partial charge in [0.25, 0.3) is 0 Å². The molecule has 0 unspecified atom stereocenters. The first kappa shape index (κ1) is 14.1. The number of hydrogen-bond acceptors (Lipinski definition) is 4. The van der Waals surface area contributed by atoms with Gasteiger partial charge in [-0.05, 0) is 0 Å². The fraction of sp³-hybridized carbons (Fsp3) is 0.333. The van der Waals surface area contributed by atoms with Crippen LogP contribution in [-0.4, -0.2) is 35.5 Å². The van der Waals surface area contributed by atoms with Crippen molar-refractivity contribution in [3.8, 4) is 0 Å². The Bertz CT molecular complexity index is 383. The Morgan fingerprint density at radius 1 is 1.06 bits per heavy atom. The van der Waals surface area contributed by atoms with Gasteiger partial charge in [-0.1, -0.05) is 0 Å². The van der Waals surface area contributed by atoms with Crippen molar-refractivity contribution in [2.24, 2.45) is 0 Å². The molecular formula is C12H15O4Tl. The summed E-state index contributed by atoms with van der Waals surface area (Å²) in [6.45, 7) is 4.72. The zero-order valence-electron chi connectivity index (χ0n) is 10.2. The Kier molecular flexibility index (Phi) is 5.60. The molecule has 0 spiro atoms. The predicted molar refractivity (Wildman–Crippen MR) is 64.7 cm³/mol. The molecule has 0 aliphatic heterocycles. The fourth-order valence-electron chi connectivity index (χ4n) is 1.37. The third kappa shape index (κ3) is 4.84. The minimum absolute atomic E-state index is 0.391. The Balaban J connectivity index is 2.86. The third-order valence-corrected chi connectivity index (χ3v) is 10.1. The molecule has 90 valence electrons. The summed E-state index contributed by atoms with van der Waals surface area (Å²) in [4.78, 5) is 21.9. The first-order valence-corrected chi connectivity index (χ1v) is 11.4. The van der Waals surface area contributed by atoms with Crippen molar-refractivity contribution in [1.29, 1.82) is 0 Å². The molecule has 0 amide bonds. The first-order valence-electron chi connectivity index (χ1n) is 5.46. The quantitative estimate of drug-likeness (QED) is 0.675. The van der Waals surface area contributed by atoms with Gasteiger partial charge in [0.05, 0.1) is 0 Å². The maximum atomic E-state index is 11.0. The van der Waals surface area contributed by atoms with Crippen LogP contribution in [0.4, 0.5) is 0 Å². The zero-order valence-corrected chi connectivity index (χ0v) is 14.7. The van der Waals surface area contributed by atoms with E-state index in [-0.39, 0.29) is 0 Å². The molecule has 0 N–H and O–H groups in total. The van der Waals surface area contributed by atoms with Gasteiger partial charge in [-0.25, -0.2) is 0 Å². The molecule has 0 saturated carbocycles. The standard InChI is InChI=1S/C8H9.2C2H4O2.Tl/c1-2-8-6-4-3-5-7-8;2*1-2(3)4;/h4-7H,2H2,1H3;2*1H3,(H,3,4);/q;;;+2/p-2. The monoisotopic (exact) mass is 428 g/mol. The molecule has 0 radical (unpaired) electrons. The molecule has 0 atom stereocenters. The van der Waals surface area contributed by atoms with E-state index in [0.717, 1.165) is 9.54 Å². The molecule has 0 saturated heterocycles. The Morgan fingerprint density at radius 2 is 1.53 bits per heavy atom. The molecule has 0 fully saturated rings. The van der Waals surface area contributed by atoms with E-state index in [1.54, 1.807) is 0 Å². The van der Waals surface area contributed by atoms with Gasteiger partial charge in [0.15, 0.2) is 0 Å². The van der Waals surface area contributed by atoms with Gasteiger partial charge < -0.3 is 0 Å². The summed E-state index contributed by atoms with van der Waals surface area (Å²) in [5.41, 5.74) is 1.20. The van der Waals surface area contributed by atoms with Crippen molar-refractivity contribution in [2.45, 2.75) is 27.2 Å². The third-order valence-electron chi connectivity index (χ3n) is 2.21. The summed E-state index contributed by atoms with van der Waals surface area (Å²) in [5, 5.41) is 0. The van der Waals surface area contributed by atoms with E-state index in [1.807, 2.05) is 24.3 Å². The average Bonchev–Trinajstić information content (AvgIpc) is 2.27. The molecule has 4 nitrogen and oxygen atoms in total. The predicted octanol–water partition coefficient (Wildman–Crippen LogP) is 1.07. The van der Waals surface area contributed by atoms with Crippen LogP contribution in [0.3, 0.4) is 0 Å². The van der Waals surface area contributed by atoms with Crippen molar-refractivity contribution in [3.05, 3.63) is 29.8 Å². The minimum atomic E-state index is -3.32. The van der Waals surface area contributed by atoms with Gasteiger partial charge in [0.2, 0.25) is 0 Å². The van der Waals surface area contributed by atoms with Crippen molar-refractivity contribution >= 4 is 38.7 Å². The van der Waals surface area contributed by atoms with Crippen LogP contribution in [0.2, 0.25) is 0 Å². The summed E-state index contributed by atoms with van der Waals surface area (Å²) in [6, 6.07) is 7.71. The van der Waals surface area contributed by atoms with Crippen LogP contribution in [0, 0.1) is 0 Å². The molecule has 0 heterocycles. The number of carbonyl (C=O) groups is 2. The second-order valence-electron chi connectivity index (χ2n) is 3.65. The van der Waals surface area contributed by atoms with E-state index in [9.17, 15) is 9.59 Å². The Hall–Kier alpha value is -0.918. The average molecular weight is 428 g/mol. The van der Waals surface area contributed by atoms with E-state index in [0.29, 0.717) is 0 Å². The van der Waals surface area contributed by atoms with E-state index in [2.05, 4.69) is 6.92 Å². The molecule has 0 aromatic heterocycles. The molecule has 0 aliphatic rings. The van der Waals surface area contributed by atoms with Gasteiger partial charge in [0, 0.05) is 0 Å². The SMILES string of the molecule is CCc1cc[c]([Tl]([O]C(C)=O)[O]C(C)=O)cc1. The molecular weight excluding hydrogens is 413 g/mol. The molecule has 1 aromatic rings.